The number of hydrogen-bond acceptors (Lipinski definition) is 4. The molecule has 2 aliphatic rings. The van der Waals surface area contributed by atoms with Crippen LogP contribution in [0, 0.1) is 8.99 Å². The normalized spacial score (nSPS) is 22.4. The van der Waals surface area contributed by atoms with E-state index in [1.807, 2.05) is 31.2 Å². The highest BCUT2D eigenvalue weighted by molar-refractivity contribution is 14.1. The lowest BCUT2D eigenvalue weighted by Gasteiger charge is -2.39. The maximum atomic E-state index is 13.0. The quantitative estimate of drug-likeness (QED) is 0.544. The Morgan fingerprint density at radius 3 is 2.48 bits per heavy atom. The van der Waals surface area contributed by atoms with E-state index in [9.17, 15) is 9.59 Å². The van der Waals surface area contributed by atoms with E-state index in [1.165, 1.54) is 7.11 Å². The van der Waals surface area contributed by atoms with E-state index >= 15 is 0 Å². The molecule has 132 valence electrons. The van der Waals surface area contributed by atoms with Crippen LogP contribution in [0.1, 0.15) is 45.1 Å². The van der Waals surface area contributed by atoms with Crippen LogP contribution in [0.3, 0.4) is 0 Å². The van der Waals surface area contributed by atoms with Crippen molar-refractivity contribution in [3.05, 3.63) is 55.9 Å². The molecule has 1 aliphatic carbocycles. The van der Waals surface area contributed by atoms with Gasteiger partial charge in [0.2, 0.25) is 0 Å². The van der Waals surface area contributed by atoms with Crippen molar-refractivity contribution < 1.29 is 14.3 Å². The van der Waals surface area contributed by atoms with Crippen molar-refractivity contribution in [2.75, 3.05) is 7.11 Å². The van der Waals surface area contributed by atoms with Crippen LogP contribution < -0.4 is 5.32 Å². The molecule has 0 aromatic heterocycles. The molecule has 0 saturated heterocycles. The van der Waals surface area contributed by atoms with Crippen molar-refractivity contribution in [2.24, 2.45) is 5.41 Å². The summed E-state index contributed by atoms with van der Waals surface area (Å²) in [7, 11) is 1.38. The molecule has 0 bridgehead atoms. The topological polar surface area (TPSA) is 55.4 Å². The first-order valence-electron chi connectivity index (χ1n) is 8.31. The molecule has 0 fully saturated rings. The summed E-state index contributed by atoms with van der Waals surface area (Å²) in [4.78, 5) is 25.5. The van der Waals surface area contributed by atoms with Crippen molar-refractivity contribution in [1.29, 1.82) is 0 Å². The Bertz CT molecular complexity index is 803. The van der Waals surface area contributed by atoms with Crippen molar-refractivity contribution in [2.45, 2.75) is 39.5 Å². The first-order chi connectivity index (χ1) is 11.7. The highest BCUT2D eigenvalue weighted by atomic mass is 127. The predicted octanol–water partition coefficient (Wildman–Crippen LogP) is 4.07. The van der Waals surface area contributed by atoms with Gasteiger partial charge in [-0.3, -0.25) is 4.79 Å². The van der Waals surface area contributed by atoms with Gasteiger partial charge in [0.25, 0.3) is 0 Å². The number of ether oxygens (including phenoxy) is 1. The Balaban J connectivity index is 2.19. The van der Waals surface area contributed by atoms with Crippen LogP contribution in [0.4, 0.5) is 0 Å². The molecule has 1 heterocycles. The lowest BCUT2D eigenvalue weighted by Crippen LogP contribution is -2.38. The number of rotatable bonds is 2. The third-order valence-corrected chi connectivity index (χ3v) is 5.57. The van der Waals surface area contributed by atoms with E-state index in [0.29, 0.717) is 17.6 Å². The van der Waals surface area contributed by atoms with Gasteiger partial charge in [0.1, 0.15) is 0 Å². The van der Waals surface area contributed by atoms with Crippen LogP contribution in [0.15, 0.2) is 46.8 Å². The van der Waals surface area contributed by atoms with Crippen LogP contribution in [0.5, 0.6) is 0 Å². The van der Waals surface area contributed by atoms with Crippen molar-refractivity contribution in [1.82, 2.24) is 5.32 Å². The Morgan fingerprint density at radius 2 is 1.88 bits per heavy atom. The largest absolute Gasteiger partial charge is 0.466 e. The van der Waals surface area contributed by atoms with Gasteiger partial charge in [-0.25, -0.2) is 4.79 Å². The molecule has 1 aliphatic heterocycles. The zero-order valence-corrected chi connectivity index (χ0v) is 17.1. The number of nitrogens with one attached hydrogen (secondary N) is 1. The first kappa shape index (κ1) is 18.2. The van der Waals surface area contributed by atoms with Crippen molar-refractivity contribution >= 4 is 34.3 Å². The summed E-state index contributed by atoms with van der Waals surface area (Å²) in [6.45, 7) is 6.08. The number of Topliss-reactive ketones (excluding diaryl/α,β-unsaturated/α-hetero) is 1. The molecule has 0 amide bonds. The van der Waals surface area contributed by atoms with E-state index < -0.39 is 5.97 Å². The third-order valence-electron chi connectivity index (χ3n) is 4.85. The first-order valence-corrected chi connectivity index (χ1v) is 9.39. The number of carbonyl (C=O) groups is 2. The summed E-state index contributed by atoms with van der Waals surface area (Å²) < 4.78 is 6.13. The highest BCUT2D eigenvalue weighted by Crippen LogP contribution is 2.46. The smallest absolute Gasteiger partial charge is 0.336 e. The molecule has 25 heavy (non-hydrogen) atoms. The lowest BCUT2D eigenvalue weighted by atomic mass is 9.68. The number of carbonyl (C=O) groups excluding carboxylic acids is 2. The monoisotopic (exact) mass is 451 g/mol. The summed E-state index contributed by atoms with van der Waals surface area (Å²) in [5.74, 6) is -0.654. The molecule has 0 saturated carbocycles. The van der Waals surface area contributed by atoms with Gasteiger partial charge >= 0.3 is 5.97 Å². The number of ketones is 1. The standard InChI is InChI=1S/C20H22INO3/c1-11-16(19(24)25-4)17(12-5-7-13(21)8-6-12)18-14(22-11)9-20(2,3)10-15(18)23/h5-8,17,22H,9-10H2,1-4H3. The third kappa shape index (κ3) is 3.38. The average molecular weight is 451 g/mol. The molecule has 1 unspecified atom stereocenters. The van der Waals surface area contributed by atoms with Gasteiger partial charge in [-0.05, 0) is 59.0 Å². The maximum absolute atomic E-state index is 13.0. The van der Waals surface area contributed by atoms with Gasteiger partial charge in [0.05, 0.1) is 12.7 Å². The molecular weight excluding hydrogens is 429 g/mol. The second-order valence-corrected chi connectivity index (χ2v) is 8.72. The van der Waals surface area contributed by atoms with Gasteiger partial charge in [-0.1, -0.05) is 26.0 Å². The minimum absolute atomic E-state index is 0.0808. The number of hydrogen-bond donors (Lipinski definition) is 1. The van der Waals surface area contributed by atoms with E-state index in [-0.39, 0.29) is 17.1 Å². The summed E-state index contributed by atoms with van der Waals surface area (Å²) in [6, 6.07) is 7.98. The van der Waals surface area contributed by atoms with E-state index in [4.69, 9.17) is 4.74 Å². The van der Waals surface area contributed by atoms with Crippen molar-refractivity contribution in [3.8, 4) is 0 Å². The van der Waals surface area contributed by atoms with Gasteiger partial charge in [-0.2, -0.15) is 0 Å². The van der Waals surface area contributed by atoms with E-state index in [0.717, 1.165) is 26.9 Å². The second-order valence-electron chi connectivity index (χ2n) is 7.47. The number of dihydropyridines is 1. The minimum Gasteiger partial charge on any atom is -0.466 e. The zero-order chi connectivity index (χ0) is 18.4. The molecule has 1 aromatic rings. The van der Waals surface area contributed by atoms with Gasteiger partial charge in [0.15, 0.2) is 5.78 Å². The fourth-order valence-electron chi connectivity index (χ4n) is 3.81. The van der Waals surface area contributed by atoms with Crippen molar-refractivity contribution in [3.63, 3.8) is 0 Å². The highest BCUT2D eigenvalue weighted by Gasteiger charge is 2.42. The lowest BCUT2D eigenvalue weighted by molar-refractivity contribution is -0.136. The SMILES string of the molecule is COC(=O)C1=C(C)NC2=C(C(=O)CC(C)(C)C2)C1c1ccc(I)cc1. The van der Waals surface area contributed by atoms with Crippen LogP contribution in [0.2, 0.25) is 0 Å². The van der Waals surface area contributed by atoms with Gasteiger partial charge in [0, 0.05) is 32.9 Å². The molecule has 1 aromatic carbocycles. The fourth-order valence-corrected chi connectivity index (χ4v) is 4.16. The number of esters is 1. The minimum atomic E-state index is -0.391. The molecule has 5 heteroatoms. The number of allylic oxidation sites excluding steroid dienone is 3. The Hall–Kier alpha value is -1.63. The average Bonchev–Trinajstić information content (AvgIpc) is 2.52. The zero-order valence-electron chi connectivity index (χ0n) is 14.9. The molecular formula is C20H22INO3. The number of benzene rings is 1. The maximum Gasteiger partial charge on any atom is 0.336 e. The fraction of sp³-hybridized carbons (Fsp3) is 0.400. The van der Waals surface area contributed by atoms with Crippen LogP contribution in [-0.2, 0) is 14.3 Å². The summed E-state index contributed by atoms with van der Waals surface area (Å²) >= 11 is 2.25. The van der Waals surface area contributed by atoms with Crippen LogP contribution in [0.25, 0.3) is 0 Å². The van der Waals surface area contributed by atoms with Gasteiger partial charge in [-0.15, -0.1) is 0 Å². The summed E-state index contributed by atoms with van der Waals surface area (Å²) in [5, 5.41) is 3.32. The molecule has 1 N–H and O–H groups in total. The second kappa shape index (κ2) is 6.59. The van der Waals surface area contributed by atoms with E-state index in [1.54, 1.807) is 0 Å². The number of methoxy groups -OCH3 is 1. The predicted molar refractivity (Wildman–Crippen MR) is 105 cm³/mol. The Kier molecular flexibility index (Phi) is 4.79. The Morgan fingerprint density at radius 1 is 1.24 bits per heavy atom. The van der Waals surface area contributed by atoms with E-state index in [2.05, 4.69) is 41.8 Å². The molecule has 0 radical (unpaired) electrons. The molecule has 1 atom stereocenters. The summed E-state index contributed by atoms with van der Waals surface area (Å²) in [5.41, 5.74) is 3.81. The number of halogens is 1. The van der Waals surface area contributed by atoms with Crippen LogP contribution >= 0.6 is 22.6 Å². The summed E-state index contributed by atoms with van der Waals surface area (Å²) in [6.07, 6.45) is 1.28. The molecule has 4 nitrogen and oxygen atoms in total. The van der Waals surface area contributed by atoms with Gasteiger partial charge < -0.3 is 10.1 Å². The Labute approximate surface area is 161 Å². The molecule has 0 spiro atoms. The molecule has 3 rings (SSSR count). The van der Waals surface area contributed by atoms with Crippen LogP contribution in [-0.4, -0.2) is 18.9 Å².